The maximum absolute atomic E-state index is 12.9. The summed E-state index contributed by atoms with van der Waals surface area (Å²) in [6, 6.07) is 4.75. The number of nitriles is 1. The largest absolute Gasteiger partial charge is 0.710 e. The van der Waals surface area contributed by atoms with Crippen molar-refractivity contribution in [2.24, 2.45) is 0 Å². The van der Waals surface area contributed by atoms with Gasteiger partial charge in [-0.05, 0) is 12.1 Å². The Morgan fingerprint density at radius 1 is 1.17 bits per heavy atom. The Hall–Kier alpha value is -4.41. The third-order valence-corrected chi connectivity index (χ3v) is 3.70. The molecule has 0 saturated heterocycles. The average molecular weight is 409 g/mol. The molecule has 2 heterocycles. The molecular formula is C15H6F3N5O6. The van der Waals surface area contributed by atoms with E-state index < -0.39 is 56.8 Å². The topological polar surface area (TPSA) is 163 Å². The van der Waals surface area contributed by atoms with Crippen molar-refractivity contribution in [1.29, 1.82) is 5.26 Å². The second kappa shape index (κ2) is 6.64. The van der Waals surface area contributed by atoms with Gasteiger partial charge in [-0.15, -0.1) is 4.73 Å². The molecule has 3 rings (SSSR count). The molecule has 0 spiro atoms. The number of fused-ring (bicyclic) bond motifs is 1. The van der Waals surface area contributed by atoms with E-state index >= 15 is 0 Å². The van der Waals surface area contributed by atoms with Crippen LogP contribution in [0.1, 0.15) is 21.8 Å². The van der Waals surface area contributed by atoms with Gasteiger partial charge in [0.15, 0.2) is 6.07 Å². The highest BCUT2D eigenvalue weighted by Crippen LogP contribution is 2.30. The minimum Gasteiger partial charge on any atom is -0.710 e. The molecule has 3 aromatic rings. The Kier molecular flexibility index (Phi) is 4.43. The van der Waals surface area contributed by atoms with Crippen LogP contribution >= 0.6 is 0 Å². The van der Waals surface area contributed by atoms with E-state index in [2.05, 4.69) is 4.42 Å². The number of aromatic nitrogens is 2. The van der Waals surface area contributed by atoms with Crippen molar-refractivity contribution in [2.45, 2.75) is 6.18 Å². The van der Waals surface area contributed by atoms with Crippen LogP contribution in [-0.2, 0) is 6.18 Å². The first-order chi connectivity index (χ1) is 13.5. The number of alkyl halides is 3. The number of hydrogen-bond acceptors (Lipinski definition) is 7. The monoisotopic (exact) mass is 409 g/mol. The maximum Gasteiger partial charge on any atom is 0.433 e. The molecule has 148 valence electrons. The molecule has 29 heavy (non-hydrogen) atoms. The van der Waals surface area contributed by atoms with Crippen LogP contribution in [0.5, 0.6) is 0 Å². The average Bonchev–Trinajstić information content (AvgIpc) is 3.15. The van der Waals surface area contributed by atoms with Crippen molar-refractivity contribution >= 4 is 28.6 Å². The first kappa shape index (κ1) is 19.4. The third-order valence-electron chi connectivity index (χ3n) is 3.70. The number of carbonyl (C=O) groups excluding carboxylic acids is 1. The summed E-state index contributed by atoms with van der Waals surface area (Å²) >= 11 is 0. The van der Waals surface area contributed by atoms with Crippen molar-refractivity contribution in [2.75, 3.05) is 5.32 Å². The number of amides is 1. The fraction of sp³-hybridized carbons (Fsp3) is 0.0667. The normalized spacial score (nSPS) is 11.2. The number of furan rings is 1. The quantitative estimate of drug-likeness (QED) is 0.298. The Bertz CT molecular complexity index is 1210. The van der Waals surface area contributed by atoms with Gasteiger partial charge in [-0.25, -0.2) is 9.52 Å². The summed E-state index contributed by atoms with van der Waals surface area (Å²) in [6.45, 7) is 0. The van der Waals surface area contributed by atoms with Crippen LogP contribution in [0, 0.1) is 31.9 Å². The molecule has 0 fully saturated rings. The Morgan fingerprint density at radius 2 is 1.86 bits per heavy atom. The fourth-order valence-electron chi connectivity index (χ4n) is 2.39. The van der Waals surface area contributed by atoms with E-state index in [1.807, 2.05) is 5.32 Å². The second-order valence-electron chi connectivity index (χ2n) is 5.45. The van der Waals surface area contributed by atoms with Gasteiger partial charge in [0.25, 0.3) is 5.52 Å². The van der Waals surface area contributed by atoms with Crippen LogP contribution in [0.15, 0.2) is 34.7 Å². The number of halogens is 3. The van der Waals surface area contributed by atoms with Crippen molar-refractivity contribution in [3.8, 4) is 6.07 Å². The minimum absolute atomic E-state index is 0.121. The number of nitrogens with zero attached hydrogens (tertiary/aromatic N) is 4. The summed E-state index contributed by atoms with van der Waals surface area (Å²) in [6.07, 6.45) is -4.82. The zero-order valence-electron chi connectivity index (χ0n) is 13.8. The summed E-state index contributed by atoms with van der Waals surface area (Å²) in [5, 5.41) is 46.4. The van der Waals surface area contributed by atoms with Crippen LogP contribution in [-0.4, -0.2) is 10.8 Å². The van der Waals surface area contributed by atoms with Crippen LogP contribution in [0.4, 0.5) is 24.9 Å². The lowest BCUT2D eigenvalue weighted by Gasteiger charge is -2.14. The molecule has 0 unspecified atom stereocenters. The smallest absolute Gasteiger partial charge is 0.433 e. The standard InChI is InChI=1S/C15H6F3N5O6/c16-15(17,18)7-1-2-8-9(5-7)22(26)13(10(6-19)21(8)25)20-14(24)11-3-4-12(29-11)23(27)28/h1-5H,(H,20,24). The molecule has 0 radical (unpaired) electrons. The lowest BCUT2D eigenvalue weighted by atomic mass is 10.2. The maximum atomic E-state index is 12.9. The van der Waals surface area contributed by atoms with Crippen LogP contribution in [0.2, 0.25) is 0 Å². The number of nitro groups is 1. The molecule has 2 aromatic heterocycles. The molecule has 0 saturated carbocycles. The van der Waals surface area contributed by atoms with Crippen molar-refractivity contribution in [1.82, 2.24) is 0 Å². The van der Waals surface area contributed by atoms with E-state index in [0.29, 0.717) is 18.2 Å². The van der Waals surface area contributed by atoms with Gasteiger partial charge in [-0.3, -0.25) is 10.1 Å². The van der Waals surface area contributed by atoms with Gasteiger partial charge in [0.2, 0.25) is 11.3 Å². The van der Waals surface area contributed by atoms with Gasteiger partial charge in [0.1, 0.15) is 4.92 Å². The third kappa shape index (κ3) is 3.32. The zero-order chi connectivity index (χ0) is 21.5. The summed E-state index contributed by atoms with van der Waals surface area (Å²) < 4.78 is 43.0. The van der Waals surface area contributed by atoms with Crippen molar-refractivity contribution in [3.05, 3.63) is 67.9 Å². The highest BCUT2D eigenvalue weighted by molar-refractivity contribution is 6.02. The molecule has 0 aliphatic rings. The minimum atomic E-state index is -4.82. The van der Waals surface area contributed by atoms with Crippen LogP contribution in [0.3, 0.4) is 0 Å². The van der Waals surface area contributed by atoms with E-state index in [9.17, 15) is 38.5 Å². The molecule has 0 atom stereocenters. The molecule has 0 aliphatic heterocycles. The lowest BCUT2D eigenvalue weighted by Crippen LogP contribution is -2.44. The van der Waals surface area contributed by atoms with E-state index in [1.54, 1.807) is 0 Å². The predicted molar refractivity (Wildman–Crippen MR) is 84.9 cm³/mol. The van der Waals surface area contributed by atoms with Gasteiger partial charge in [0.05, 0.1) is 11.6 Å². The van der Waals surface area contributed by atoms with Gasteiger partial charge >= 0.3 is 29.5 Å². The van der Waals surface area contributed by atoms with E-state index in [1.165, 1.54) is 6.07 Å². The highest BCUT2D eigenvalue weighted by Gasteiger charge is 2.35. The predicted octanol–water partition coefficient (Wildman–Crippen LogP) is 1.75. The van der Waals surface area contributed by atoms with Gasteiger partial charge in [-0.2, -0.15) is 23.7 Å². The fourth-order valence-corrected chi connectivity index (χ4v) is 2.39. The summed E-state index contributed by atoms with van der Waals surface area (Å²) in [4.78, 5) is 21.8. The van der Waals surface area contributed by atoms with Crippen LogP contribution in [0.25, 0.3) is 11.0 Å². The first-order valence-corrected chi connectivity index (χ1v) is 7.40. The number of anilines is 1. The Balaban J connectivity index is 2.15. The van der Waals surface area contributed by atoms with E-state index in [-0.39, 0.29) is 9.46 Å². The van der Waals surface area contributed by atoms with Crippen molar-refractivity contribution in [3.63, 3.8) is 0 Å². The first-order valence-electron chi connectivity index (χ1n) is 7.40. The van der Waals surface area contributed by atoms with Gasteiger partial charge in [0, 0.05) is 12.1 Å². The number of hydrogen-bond donors (Lipinski definition) is 1. The summed E-state index contributed by atoms with van der Waals surface area (Å²) in [5.41, 5.74) is -3.47. The molecule has 1 amide bonds. The molecule has 0 bridgehead atoms. The number of benzene rings is 1. The molecule has 0 aliphatic carbocycles. The summed E-state index contributed by atoms with van der Waals surface area (Å²) in [7, 11) is 0. The summed E-state index contributed by atoms with van der Waals surface area (Å²) in [5.74, 6) is -3.65. The Morgan fingerprint density at radius 3 is 2.41 bits per heavy atom. The van der Waals surface area contributed by atoms with E-state index in [4.69, 9.17) is 5.26 Å². The molecule has 1 aromatic carbocycles. The van der Waals surface area contributed by atoms with E-state index in [0.717, 1.165) is 12.1 Å². The van der Waals surface area contributed by atoms with Crippen LogP contribution < -0.4 is 14.8 Å². The number of nitrogens with one attached hydrogen (secondary N) is 1. The molecule has 14 heteroatoms. The van der Waals surface area contributed by atoms with Gasteiger partial charge < -0.3 is 14.8 Å². The van der Waals surface area contributed by atoms with Gasteiger partial charge in [-0.1, -0.05) is 0 Å². The zero-order valence-corrected chi connectivity index (χ0v) is 13.8. The van der Waals surface area contributed by atoms with Crippen molar-refractivity contribution < 1.29 is 36.8 Å². The Labute approximate surface area is 157 Å². The highest BCUT2D eigenvalue weighted by atomic mass is 19.4. The molecule has 1 N–H and O–H groups in total. The SMILES string of the molecule is N#Cc1c(NC(=O)c2ccc([N+](=O)[O-])o2)[n+]([O-])c2cc(C(F)(F)F)ccc2[n+]1[O-]. The number of carbonyl (C=O) groups is 1. The number of rotatable bonds is 3. The molecule has 11 nitrogen and oxygen atoms in total. The molecular weight excluding hydrogens is 403 g/mol. The second-order valence-corrected chi connectivity index (χ2v) is 5.45. The lowest BCUT2D eigenvalue weighted by molar-refractivity contribution is -0.620.